The summed E-state index contributed by atoms with van der Waals surface area (Å²) in [5.74, 6) is -0.916. The molecule has 0 saturated carbocycles. The van der Waals surface area contributed by atoms with E-state index in [0.29, 0.717) is 11.1 Å². The van der Waals surface area contributed by atoms with Gasteiger partial charge in [0.25, 0.3) is 0 Å². The van der Waals surface area contributed by atoms with Gasteiger partial charge in [-0.05, 0) is 23.6 Å². The average Bonchev–Trinajstić information content (AvgIpc) is 2.76. The molecular formula is C16H16N2O2. The number of nitriles is 1. The lowest BCUT2D eigenvalue weighted by molar-refractivity contribution is -0.133. The van der Waals surface area contributed by atoms with E-state index < -0.39 is 11.4 Å². The number of rotatable bonds is 2. The van der Waals surface area contributed by atoms with Crippen LogP contribution in [0.15, 0.2) is 30.0 Å². The van der Waals surface area contributed by atoms with Crippen molar-refractivity contribution in [2.45, 2.75) is 20.8 Å². The number of aliphatic carboxylic acids is 1. The molecule has 0 saturated heterocycles. The fourth-order valence-electron chi connectivity index (χ4n) is 2.09. The first-order chi connectivity index (χ1) is 9.32. The van der Waals surface area contributed by atoms with E-state index in [1.54, 1.807) is 24.4 Å². The summed E-state index contributed by atoms with van der Waals surface area (Å²) in [5, 5.41) is 19.1. The molecule has 0 radical (unpaired) electrons. The van der Waals surface area contributed by atoms with Crippen LogP contribution in [0.4, 0.5) is 0 Å². The standard InChI is InChI=1S/C16H16N2O2/c1-16(2,3)13(15(19)20)7-11-9-18-14-6-10(8-17)4-5-12(11)14/h4-7,9,18H,1-3H3,(H,19,20). The van der Waals surface area contributed by atoms with Gasteiger partial charge in [-0.2, -0.15) is 5.26 Å². The number of aromatic amines is 1. The van der Waals surface area contributed by atoms with Crippen LogP contribution in [-0.4, -0.2) is 16.1 Å². The van der Waals surface area contributed by atoms with Crippen molar-refractivity contribution < 1.29 is 9.90 Å². The number of carboxylic acids is 1. The number of carboxylic acid groups (broad SMARTS) is 1. The van der Waals surface area contributed by atoms with E-state index in [0.717, 1.165) is 16.5 Å². The quantitative estimate of drug-likeness (QED) is 0.817. The molecule has 20 heavy (non-hydrogen) atoms. The zero-order chi connectivity index (χ0) is 14.9. The Morgan fingerprint density at radius 1 is 1.40 bits per heavy atom. The zero-order valence-corrected chi connectivity index (χ0v) is 11.7. The number of carbonyl (C=O) groups is 1. The molecule has 0 aliphatic rings. The number of nitrogens with one attached hydrogen (secondary N) is 1. The topological polar surface area (TPSA) is 76.9 Å². The van der Waals surface area contributed by atoms with Gasteiger partial charge in [0.1, 0.15) is 0 Å². The maximum Gasteiger partial charge on any atom is 0.332 e. The van der Waals surface area contributed by atoms with Gasteiger partial charge in [-0.25, -0.2) is 4.79 Å². The summed E-state index contributed by atoms with van der Waals surface area (Å²) in [6.07, 6.45) is 3.45. The van der Waals surface area contributed by atoms with Crippen molar-refractivity contribution in [3.63, 3.8) is 0 Å². The van der Waals surface area contributed by atoms with Gasteiger partial charge < -0.3 is 10.1 Å². The second kappa shape index (κ2) is 4.86. The van der Waals surface area contributed by atoms with Crippen LogP contribution < -0.4 is 0 Å². The average molecular weight is 268 g/mol. The molecule has 1 heterocycles. The van der Waals surface area contributed by atoms with Crippen molar-refractivity contribution >= 4 is 22.9 Å². The van der Waals surface area contributed by atoms with Crippen LogP contribution in [0.1, 0.15) is 31.9 Å². The molecule has 1 aromatic carbocycles. The predicted octanol–water partition coefficient (Wildman–Crippen LogP) is 3.55. The number of aromatic nitrogens is 1. The van der Waals surface area contributed by atoms with Crippen molar-refractivity contribution in [3.05, 3.63) is 41.1 Å². The molecule has 0 fully saturated rings. The number of H-pyrrole nitrogens is 1. The first kappa shape index (κ1) is 13.9. The highest BCUT2D eigenvalue weighted by Gasteiger charge is 2.23. The molecule has 4 nitrogen and oxygen atoms in total. The minimum absolute atomic E-state index is 0.350. The fraction of sp³-hybridized carbons (Fsp3) is 0.250. The number of hydrogen-bond acceptors (Lipinski definition) is 2. The third-order valence-corrected chi connectivity index (χ3v) is 3.18. The summed E-state index contributed by atoms with van der Waals surface area (Å²) in [5.41, 5.74) is 2.12. The molecule has 0 aliphatic heterocycles. The van der Waals surface area contributed by atoms with Crippen molar-refractivity contribution in [2.75, 3.05) is 0 Å². The van der Waals surface area contributed by atoms with Crippen molar-refractivity contribution in [2.24, 2.45) is 5.41 Å². The summed E-state index contributed by atoms with van der Waals surface area (Å²) < 4.78 is 0. The molecule has 0 aliphatic carbocycles. The maximum absolute atomic E-state index is 11.4. The number of benzene rings is 1. The number of nitrogens with zero attached hydrogens (tertiary/aromatic N) is 1. The normalized spacial score (nSPS) is 12.4. The minimum atomic E-state index is -0.916. The van der Waals surface area contributed by atoms with Crippen LogP contribution in [0.25, 0.3) is 17.0 Å². The minimum Gasteiger partial charge on any atom is -0.478 e. The lowest BCUT2D eigenvalue weighted by Gasteiger charge is -2.19. The van der Waals surface area contributed by atoms with Crippen LogP contribution >= 0.6 is 0 Å². The van der Waals surface area contributed by atoms with E-state index in [1.807, 2.05) is 26.8 Å². The summed E-state index contributed by atoms with van der Waals surface area (Å²) >= 11 is 0. The summed E-state index contributed by atoms with van der Waals surface area (Å²) in [7, 11) is 0. The highest BCUT2D eigenvalue weighted by molar-refractivity contribution is 5.98. The van der Waals surface area contributed by atoms with Crippen LogP contribution in [0, 0.1) is 16.7 Å². The van der Waals surface area contributed by atoms with E-state index in [1.165, 1.54) is 0 Å². The molecule has 1 aromatic heterocycles. The Hall–Kier alpha value is -2.54. The highest BCUT2D eigenvalue weighted by atomic mass is 16.4. The van der Waals surface area contributed by atoms with E-state index in [2.05, 4.69) is 11.1 Å². The smallest absolute Gasteiger partial charge is 0.332 e. The monoisotopic (exact) mass is 268 g/mol. The Bertz CT molecular complexity index is 740. The zero-order valence-electron chi connectivity index (χ0n) is 11.7. The van der Waals surface area contributed by atoms with E-state index in [-0.39, 0.29) is 0 Å². The predicted molar refractivity (Wildman–Crippen MR) is 78.1 cm³/mol. The lowest BCUT2D eigenvalue weighted by Crippen LogP contribution is -2.17. The van der Waals surface area contributed by atoms with E-state index in [9.17, 15) is 9.90 Å². The Kier molecular flexibility index (Phi) is 3.37. The van der Waals surface area contributed by atoms with Crippen molar-refractivity contribution in [1.29, 1.82) is 5.26 Å². The second-order valence-electron chi connectivity index (χ2n) is 5.73. The molecular weight excluding hydrogens is 252 g/mol. The highest BCUT2D eigenvalue weighted by Crippen LogP contribution is 2.29. The van der Waals surface area contributed by atoms with Crippen LogP contribution in [0.2, 0.25) is 0 Å². The molecule has 4 heteroatoms. The first-order valence-electron chi connectivity index (χ1n) is 6.29. The van der Waals surface area contributed by atoms with Crippen LogP contribution in [-0.2, 0) is 4.79 Å². The van der Waals surface area contributed by atoms with Gasteiger partial charge in [0, 0.05) is 28.2 Å². The summed E-state index contributed by atoms with van der Waals surface area (Å²) in [4.78, 5) is 14.5. The van der Waals surface area contributed by atoms with Crippen LogP contribution in [0.5, 0.6) is 0 Å². The SMILES string of the molecule is CC(C)(C)C(=Cc1c[nH]c2cc(C#N)ccc12)C(=O)O. The number of fused-ring (bicyclic) bond motifs is 1. The molecule has 0 spiro atoms. The third kappa shape index (κ3) is 2.57. The Labute approximate surface area is 117 Å². The maximum atomic E-state index is 11.4. The summed E-state index contributed by atoms with van der Waals surface area (Å²) in [6.45, 7) is 5.61. The van der Waals surface area contributed by atoms with Crippen LogP contribution in [0.3, 0.4) is 0 Å². The van der Waals surface area contributed by atoms with Gasteiger partial charge in [-0.3, -0.25) is 0 Å². The van der Waals surface area contributed by atoms with Gasteiger partial charge in [-0.1, -0.05) is 26.8 Å². The molecule has 0 atom stereocenters. The Morgan fingerprint density at radius 2 is 2.10 bits per heavy atom. The Balaban J connectivity index is 2.59. The fourth-order valence-corrected chi connectivity index (χ4v) is 2.09. The third-order valence-electron chi connectivity index (χ3n) is 3.18. The molecule has 2 N–H and O–H groups in total. The van der Waals surface area contributed by atoms with Gasteiger partial charge >= 0.3 is 5.97 Å². The second-order valence-corrected chi connectivity index (χ2v) is 5.73. The van der Waals surface area contributed by atoms with Gasteiger partial charge in [0.15, 0.2) is 0 Å². The van der Waals surface area contributed by atoms with Crippen molar-refractivity contribution in [1.82, 2.24) is 4.98 Å². The molecule has 0 amide bonds. The van der Waals surface area contributed by atoms with Gasteiger partial charge in [0.2, 0.25) is 0 Å². The van der Waals surface area contributed by atoms with E-state index in [4.69, 9.17) is 5.26 Å². The Morgan fingerprint density at radius 3 is 2.65 bits per heavy atom. The molecule has 0 unspecified atom stereocenters. The molecule has 102 valence electrons. The first-order valence-corrected chi connectivity index (χ1v) is 6.29. The molecule has 2 aromatic rings. The molecule has 2 rings (SSSR count). The summed E-state index contributed by atoms with van der Waals surface area (Å²) in [6, 6.07) is 7.40. The molecule has 0 bridgehead atoms. The lowest BCUT2D eigenvalue weighted by atomic mass is 9.85. The van der Waals surface area contributed by atoms with E-state index >= 15 is 0 Å². The van der Waals surface area contributed by atoms with Crippen molar-refractivity contribution in [3.8, 4) is 6.07 Å². The number of hydrogen-bond donors (Lipinski definition) is 2. The largest absolute Gasteiger partial charge is 0.478 e. The van der Waals surface area contributed by atoms with Gasteiger partial charge in [0.05, 0.1) is 11.6 Å². The van der Waals surface area contributed by atoms with Gasteiger partial charge in [-0.15, -0.1) is 0 Å².